The van der Waals surface area contributed by atoms with Gasteiger partial charge in [-0.1, -0.05) is 19.4 Å². The summed E-state index contributed by atoms with van der Waals surface area (Å²) in [6.07, 6.45) is 6.28. The molecular formula is C17H28N2. The van der Waals surface area contributed by atoms with Crippen LogP contribution >= 0.6 is 0 Å². The zero-order valence-electron chi connectivity index (χ0n) is 12.7. The molecule has 2 rings (SSSR count). The van der Waals surface area contributed by atoms with Crippen molar-refractivity contribution in [1.82, 2.24) is 0 Å². The zero-order valence-corrected chi connectivity index (χ0v) is 12.7. The highest BCUT2D eigenvalue weighted by Gasteiger charge is 2.19. The van der Waals surface area contributed by atoms with Gasteiger partial charge in [0.05, 0.1) is 0 Å². The van der Waals surface area contributed by atoms with E-state index >= 15 is 0 Å². The molecule has 1 aliphatic carbocycles. The number of aryl methyl sites for hydroxylation is 1. The van der Waals surface area contributed by atoms with Gasteiger partial charge in [-0.2, -0.15) is 0 Å². The number of hydrogen-bond donors (Lipinski definition) is 1. The highest BCUT2D eigenvalue weighted by Crippen LogP contribution is 2.29. The van der Waals surface area contributed by atoms with Crippen molar-refractivity contribution < 1.29 is 0 Å². The van der Waals surface area contributed by atoms with E-state index in [1.165, 1.54) is 42.6 Å². The molecule has 1 fully saturated rings. The molecule has 0 radical (unpaired) electrons. The summed E-state index contributed by atoms with van der Waals surface area (Å²) >= 11 is 0. The molecule has 19 heavy (non-hydrogen) atoms. The van der Waals surface area contributed by atoms with Crippen molar-refractivity contribution in [2.24, 2.45) is 11.7 Å². The quantitative estimate of drug-likeness (QED) is 0.848. The number of anilines is 1. The monoisotopic (exact) mass is 260 g/mol. The Morgan fingerprint density at radius 3 is 2.63 bits per heavy atom. The van der Waals surface area contributed by atoms with E-state index in [-0.39, 0.29) is 6.04 Å². The SMILES string of the molecule is CCC(N)Cc1ccc(N(C)CC2CCC2)cc1C. The predicted octanol–water partition coefficient (Wildman–Crippen LogP) is 3.51. The van der Waals surface area contributed by atoms with E-state index in [2.05, 4.69) is 44.0 Å². The van der Waals surface area contributed by atoms with Gasteiger partial charge in [0.15, 0.2) is 0 Å². The Balaban J connectivity index is 2.00. The van der Waals surface area contributed by atoms with Gasteiger partial charge >= 0.3 is 0 Å². The minimum Gasteiger partial charge on any atom is -0.374 e. The average molecular weight is 260 g/mol. The lowest BCUT2D eigenvalue weighted by atomic mass is 9.85. The van der Waals surface area contributed by atoms with Gasteiger partial charge in [0.2, 0.25) is 0 Å². The largest absolute Gasteiger partial charge is 0.374 e. The van der Waals surface area contributed by atoms with Crippen molar-refractivity contribution in [2.45, 2.75) is 52.0 Å². The maximum atomic E-state index is 6.05. The minimum absolute atomic E-state index is 0.289. The normalized spacial score (nSPS) is 17.1. The summed E-state index contributed by atoms with van der Waals surface area (Å²) in [7, 11) is 2.21. The smallest absolute Gasteiger partial charge is 0.0366 e. The number of nitrogens with zero attached hydrogens (tertiary/aromatic N) is 1. The van der Waals surface area contributed by atoms with E-state index in [1.54, 1.807) is 0 Å². The van der Waals surface area contributed by atoms with E-state index in [0.717, 1.165) is 18.8 Å². The van der Waals surface area contributed by atoms with Crippen LogP contribution in [0.4, 0.5) is 5.69 Å². The molecule has 0 amide bonds. The Morgan fingerprint density at radius 1 is 1.37 bits per heavy atom. The van der Waals surface area contributed by atoms with Gasteiger partial charge in [0.1, 0.15) is 0 Å². The summed E-state index contributed by atoms with van der Waals surface area (Å²) in [5.74, 6) is 0.915. The topological polar surface area (TPSA) is 29.3 Å². The molecule has 106 valence electrons. The fourth-order valence-electron chi connectivity index (χ4n) is 2.74. The molecule has 2 heteroatoms. The van der Waals surface area contributed by atoms with Crippen LogP contribution in [0.3, 0.4) is 0 Å². The van der Waals surface area contributed by atoms with E-state index in [1.807, 2.05) is 0 Å². The zero-order chi connectivity index (χ0) is 13.8. The number of benzene rings is 1. The van der Waals surface area contributed by atoms with Crippen molar-refractivity contribution in [2.75, 3.05) is 18.5 Å². The summed E-state index contributed by atoms with van der Waals surface area (Å²) in [6.45, 7) is 5.56. The first-order valence-electron chi connectivity index (χ1n) is 7.66. The second kappa shape index (κ2) is 6.42. The first-order valence-corrected chi connectivity index (χ1v) is 7.66. The second-order valence-electron chi connectivity index (χ2n) is 6.16. The van der Waals surface area contributed by atoms with Crippen LogP contribution in [0, 0.1) is 12.8 Å². The summed E-state index contributed by atoms with van der Waals surface area (Å²) in [5.41, 5.74) is 10.2. The van der Waals surface area contributed by atoms with Gasteiger partial charge in [-0.3, -0.25) is 0 Å². The van der Waals surface area contributed by atoms with E-state index < -0.39 is 0 Å². The van der Waals surface area contributed by atoms with Crippen LogP contribution in [0.5, 0.6) is 0 Å². The Bertz CT molecular complexity index is 410. The number of nitrogens with two attached hydrogens (primary N) is 1. The van der Waals surface area contributed by atoms with E-state index in [9.17, 15) is 0 Å². The average Bonchev–Trinajstić information content (AvgIpc) is 2.35. The maximum Gasteiger partial charge on any atom is 0.0366 e. The third kappa shape index (κ3) is 3.73. The van der Waals surface area contributed by atoms with Gasteiger partial charge in [-0.05, 0) is 61.8 Å². The lowest BCUT2D eigenvalue weighted by molar-refractivity contribution is 0.321. The van der Waals surface area contributed by atoms with Gasteiger partial charge in [-0.15, -0.1) is 0 Å². The van der Waals surface area contributed by atoms with E-state index in [4.69, 9.17) is 5.73 Å². The van der Waals surface area contributed by atoms with E-state index in [0.29, 0.717) is 0 Å². The van der Waals surface area contributed by atoms with Crippen LogP contribution in [0.1, 0.15) is 43.7 Å². The fraction of sp³-hybridized carbons (Fsp3) is 0.647. The highest BCUT2D eigenvalue weighted by molar-refractivity contribution is 5.50. The minimum atomic E-state index is 0.289. The Labute approximate surface area is 118 Å². The molecule has 1 unspecified atom stereocenters. The van der Waals surface area contributed by atoms with Crippen molar-refractivity contribution >= 4 is 5.69 Å². The van der Waals surface area contributed by atoms with Gasteiger partial charge in [-0.25, -0.2) is 0 Å². The second-order valence-corrected chi connectivity index (χ2v) is 6.16. The molecule has 0 saturated heterocycles. The van der Waals surface area contributed by atoms with Gasteiger partial charge in [0, 0.05) is 25.3 Å². The number of rotatable bonds is 6. The van der Waals surface area contributed by atoms with Crippen molar-refractivity contribution in [3.63, 3.8) is 0 Å². The molecule has 0 heterocycles. The Morgan fingerprint density at radius 2 is 2.11 bits per heavy atom. The Hall–Kier alpha value is -1.02. The molecule has 2 N–H and O–H groups in total. The first-order chi connectivity index (χ1) is 9.10. The van der Waals surface area contributed by atoms with Gasteiger partial charge < -0.3 is 10.6 Å². The molecule has 1 atom stereocenters. The van der Waals surface area contributed by atoms with Crippen LogP contribution in [0.25, 0.3) is 0 Å². The Kier molecular flexibility index (Phi) is 4.87. The van der Waals surface area contributed by atoms with Crippen molar-refractivity contribution in [3.8, 4) is 0 Å². The molecule has 1 aromatic carbocycles. The third-order valence-corrected chi connectivity index (χ3v) is 4.53. The van der Waals surface area contributed by atoms with Crippen molar-refractivity contribution in [3.05, 3.63) is 29.3 Å². The third-order valence-electron chi connectivity index (χ3n) is 4.53. The molecule has 0 bridgehead atoms. The van der Waals surface area contributed by atoms with Crippen LogP contribution in [0.2, 0.25) is 0 Å². The predicted molar refractivity (Wildman–Crippen MR) is 83.8 cm³/mol. The molecule has 1 saturated carbocycles. The summed E-state index contributed by atoms with van der Waals surface area (Å²) in [5, 5.41) is 0. The van der Waals surface area contributed by atoms with Crippen molar-refractivity contribution in [1.29, 1.82) is 0 Å². The summed E-state index contributed by atoms with van der Waals surface area (Å²) in [6, 6.07) is 7.12. The van der Waals surface area contributed by atoms with Gasteiger partial charge in [0.25, 0.3) is 0 Å². The summed E-state index contributed by atoms with van der Waals surface area (Å²) in [4.78, 5) is 2.40. The van der Waals surface area contributed by atoms with Crippen LogP contribution < -0.4 is 10.6 Å². The summed E-state index contributed by atoms with van der Waals surface area (Å²) < 4.78 is 0. The lowest BCUT2D eigenvalue weighted by Gasteiger charge is -2.31. The molecule has 1 aromatic rings. The van der Waals surface area contributed by atoms with Crippen LogP contribution in [-0.2, 0) is 6.42 Å². The van der Waals surface area contributed by atoms with Crippen LogP contribution in [0.15, 0.2) is 18.2 Å². The number of hydrogen-bond acceptors (Lipinski definition) is 2. The molecule has 0 aliphatic heterocycles. The highest BCUT2D eigenvalue weighted by atomic mass is 15.1. The molecule has 0 aromatic heterocycles. The molecule has 1 aliphatic rings. The molecule has 2 nitrogen and oxygen atoms in total. The first kappa shape index (κ1) is 14.4. The maximum absolute atomic E-state index is 6.05. The fourth-order valence-corrected chi connectivity index (χ4v) is 2.74. The van der Waals surface area contributed by atoms with Crippen LogP contribution in [-0.4, -0.2) is 19.6 Å². The molecular weight excluding hydrogens is 232 g/mol. The lowest BCUT2D eigenvalue weighted by Crippen LogP contribution is -2.29. The molecule has 0 spiro atoms. The standard InChI is InChI=1S/C17H28N2/c1-4-16(18)11-15-8-9-17(10-13(15)2)19(3)12-14-6-5-7-14/h8-10,14,16H,4-7,11-12,18H2,1-3H3.